The maximum atomic E-state index is 12.8. The standard InChI is InChI=1S/C17H19BrN6O3/c1-17(2,24-9-11(18)7-20-24)16(26)21-13-10-23(3)22-14(13)15(25)19-8-12-5-4-6-27-12/h4-7,9-10H,8H2,1-3H3,(H,19,25)(H,21,26). The van der Waals surface area contributed by atoms with E-state index >= 15 is 0 Å². The van der Waals surface area contributed by atoms with Crippen LogP contribution in [0.15, 0.2) is 45.9 Å². The van der Waals surface area contributed by atoms with Gasteiger partial charge in [0.15, 0.2) is 5.69 Å². The van der Waals surface area contributed by atoms with Crippen molar-refractivity contribution in [1.82, 2.24) is 24.9 Å². The molecule has 3 aromatic heterocycles. The van der Waals surface area contributed by atoms with Gasteiger partial charge in [-0.2, -0.15) is 10.2 Å². The van der Waals surface area contributed by atoms with E-state index in [1.165, 1.54) is 10.9 Å². The van der Waals surface area contributed by atoms with Crippen LogP contribution in [0.25, 0.3) is 0 Å². The number of carbonyl (C=O) groups is 2. The monoisotopic (exact) mass is 434 g/mol. The van der Waals surface area contributed by atoms with Crippen LogP contribution in [-0.4, -0.2) is 31.4 Å². The third kappa shape index (κ3) is 4.11. The number of anilines is 1. The molecule has 3 heterocycles. The Morgan fingerprint density at radius 3 is 2.74 bits per heavy atom. The summed E-state index contributed by atoms with van der Waals surface area (Å²) >= 11 is 3.32. The molecule has 0 radical (unpaired) electrons. The van der Waals surface area contributed by atoms with Gasteiger partial charge in [0.1, 0.15) is 11.3 Å². The highest BCUT2D eigenvalue weighted by atomic mass is 79.9. The van der Waals surface area contributed by atoms with Crippen molar-refractivity contribution in [2.24, 2.45) is 7.05 Å². The van der Waals surface area contributed by atoms with Gasteiger partial charge in [-0.1, -0.05) is 0 Å². The van der Waals surface area contributed by atoms with Crippen molar-refractivity contribution in [1.29, 1.82) is 0 Å². The van der Waals surface area contributed by atoms with E-state index in [2.05, 4.69) is 36.8 Å². The average Bonchev–Trinajstić information content (AvgIpc) is 3.34. The summed E-state index contributed by atoms with van der Waals surface area (Å²) in [5.41, 5.74) is -0.530. The number of amides is 2. The second-order valence-corrected chi connectivity index (χ2v) is 7.36. The third-order valence-electron chi connectivity index (χ3n) is 3.97. The minimum Gasteiger partial charge on any atom is -0.467 e. The summed E-state index contributed by atoms with van der Waals surface area (Å²) in [4.78, 5) is 25.3. The van der Waals surface area contributed by atoms with Crippen LogP contribution in [0.3, 0.4) is 0 Å². The highest BCUT2D eigenvalue weighted by Crippen LogP contribution is 2.21. The van der Waals surface area contributed by atoms with Gasteiger partial charge >= 0.3 is 0 Å². The lowest BCUT2D eigenvalue weighted by atomic mass is 10.0. The van der Waals surface area contributed by atoms with E-state index in [0.717, 1.165) is 4.47 Å². The van der Waals surface area contributed by atoms with Gasteiger partial charge in [-0.3, -0.25) is 19.0 Å². The molecule has 0 saturated carbocycles. The van der Waals surface area contributed by atoms with Crippen molar-refractivity contribution in [3.05, 3.63) is 52.9 Å². The van der Waals surface area contributed by atoms with Crippen LogP contribution in [0.1, 0.15) is 30.1 Å². The van der Waals surface area contributed by atoms with Crippen LogP contribution in [0, 0.1) is 0 Å². The average molecular weight is 435 g/mol. The number of rotatable bonds is 6. The van der Waals surface area contributed by atoms with E-state index in [4.69, 9.17) is 4.42 Å². The van der Waals surface area contributed by atoms with Crippen LogP contribution in [0.5, 0.6) is 0 Å². The maximum absolute atomic E-state index is 12.8. The van der Waals surface area contributed by atoms with E-state index in [0.29, 0.717) is 11.4 Å². The molecule has 0 fully saturated rings. The van der Waals surface area contributed by atoms with Gasteiger partial charge in [0.2, 0.25) is 0 Å². The van der Waals surface area contributed by atoms with Gasteiger partial charge in [0.05, 0.1) is 29.2 Å². The van der Waals surface area contributed by atoms with Crippen molar-refractivity contribution < 1.29 is 14.0 Å². The Bertz CT molecular complexity index is 957. The fourth-order valence-electron chi connectivity index (χ4n) is 2.40. The molecule has 27 heavy (non-hydrogen) atoms. The van der Waals surface area contributed by atoms with Gasteiger partial charge in [-0.25, -0.2) is 0 Å². The summed E-state index contributed by atoms with van der Waals surface area (Å²) in [6.45, 7) is 3.69. The van der Waals surface area contributed by atoms with Crippen LogP contribution in [0.2, 0.25) is 0 Å². The van der Waals surface area contributed by atoms with Crippen LogP contribution >= 0.6 is 15.9 Å². The Kier molecular flexibility index (Phi) is 5.17. The van der Waals surface area contributed by atoms with Crippen molar-refractivity contribution in [2.75, 3.05) is 5.32 Å². The molecular formula is C17H19BrN6O3. The number of nitrogens with one attached hydrogen (secondary N) is 2. The normalized spacial score (nSPS) is 11.4. The van der Waals surface area contributed by atoms with Crippen molar-refractivity contribution in [3.8, 4) is 0 Å². The number of aryl methyl sites for hydroxylation is 1. The molecule has 3 aromatic rings. The third-order valence-corrected chi connectivity index (χ3v) is 4.38. The maximum Gasteiger partial charge on any atom is 0.274 e. The van der Waals surface area contributed by atoms with Crippen molar-refractivity contribution >= 4 is 33.4 Å². The highest BCUT2D eigenvalue weighted by molar-refractivity contribution is 9.10. The minimum atomic E-state index is -0.968. The van der Waals surface area contributed by atoms with Gasteiger partial charge in [0.25, 0.3) is 11.8 Å². The van der Waals surface area contributed by atoms with Crippen molar-refractivity contribution in [2.45, 2.75) is 25.9 Å². The Morgan fingerprint density at radius 2 is 2.11 bits per heavy atom. The number of carbonyl (C=O) groups excluding carboxylic acids is 2. The lowest BCUT2D eigenvalue weighted by Gasteiger charge is -2.24. The zero-order valence-corrected chi connectivity index (χ0v) is 16.6. The summed E-state index contributed by atoms with van der Waals surface area (Å²) in [6, 6.07) is 3.50. The van der Waals surface area contributed by atoms with Crippen molar-refractivity contribution in [3.63, 3.8) is 0 Å². The van der Waals surface area contributed by atoms with E-state index < -0.39 is 11.4 Å². The highest BCUT2D eigenvalue weighted by Gasteiger charge is 2.32. The molecule has 0 aromatic carbocycles. The molecule has 0 atom stereocenters. The summed E-state index contributed by atoms with van der Waals surface area (Å²) < 4.78 is 8.97. The van der Waals surface area contributed by atoms with Crippen LogP contribution in [-0.2, 0) is 23.9 Å². The van der Waals surface area contributed by atoms with Gasteiger partial charge < -0.3 is 15.1 Å². The topological polar surface area (TPSA) is 107 Å². The quantitative estimate of drug-likeness (QED) is 0.618. The van der Waals surface area contributed by atoms with Crippen LogP contribution < -0.4 is 10.6 Å². The summed E-state index contributed by atoms with van der Waals surface area (Å²) in [6.07, 6.45) is 6.42. The molecule has 142 valence electrons. The molecule has 9 nitrogen and oxygen atoms in total. The lowest BCUT2D eigenvalue weighted by molar-refractivity contribution is -0.123. The van der Waals surface area contributed by atoms with Gasteiger partial charge in [-0.05, 0) is 41.9 Å². The first-order chi connectivity index (χ1) is 12.8. The molecule has 0 unspecified atom stereocenters. The predicted molar refractivity (Wildman–Crippen MR) is 101 cm³/mol. The van der Waals surface area contributed by atoms with E-state index in [-0.39, 0.29) is 18.1 Å². The second kappa shape index (κ2) is 7.39. The first-order valence-corrected chi connectivity index (χ1v) is 8.93. The Hall–Kier alpha value is -2.88. The number of furan rings is 1. The number of hydrogen-bond acceptors (Lipinski definition) is 5. The first kappa shape index (κ1) is 18.9. The Balaban J connectivity index is 1.75. The molecule has 2 amide bonds. The first-order valence-electron chi connectivity index (χ1n) is 8.13. The SMILES string of the molecule is Cn1cc(NC(=O)C(C)(C)n2cc(Br)cn2)c(C(=O)NCc2ccco2)n1. The Morgan fingerprint density at radius 1 is 1.33 bits per heavy atom. The molecule has 0 spiro atoms. The molecule has 0 aliphatic carbocycles. The minimum absolute atomic E-state index is 0.120. The van der Waals surface area contributed by atoms with Gasteiger partial charge in [0, 0.05) is 19.4 Å². The molecular weight excluding hydrogens is 416 g/mol. The van der Waals surface area contributed by atoms with E-state index in [1.807, 2.05) is 0 Å². The fraction of sp³-hybridized carbons (Fsp3) is 0.294. The molecule has 0 aliphatic rings. The fourth-order valence-corrected chi connectivity index (χ4v) is 2.68. The largest absolute Gasteiger partial charge is 0.467 e. The number of nitrogens with zero attached hydrogens (tertiary/aromatic N) is 4. The molecule has 2 N–H and O–H groups in total. The Labute approximate surface area is 163 Å². The van der Waals surface area contributed by atoms with E-state index in [9.17, 15) is 9.59 Å². The lowest BCUT2D eigenvalue weighted by Crippen LogP contribution is -2.41. The summed E-state index contributed by atoms with van der Waals surface area (Å²) in [5, 5.41) is 13.8. The van der Waals surface area contributed by atoms with Crippen LogP contribution in [0.4, 0.5) is 5.69 Å². The zero-order chi connectivity index (χ0) is 19.6. The number of halogens is 1. The predicted octanol–water partition coefficient (Wildman–Crippen LogP) is 2.28. The number of hydrogen-bond donors (Lipinski definition) is 2. The van der Waals surface area contributed by atoms with E-state index in [1.54, 1.807) is 56.3 Å². The molecule has 3 rings (SSSR count). The smallest absolute Gasteiger partial charge is 0.274 e. The summed E-state index contributed by atoms with van der Waals surface area (Å²) in [7, 11) is 1.68. The van der Waals surface area contributed by atoms with Gasteiger partial charge in [-0.15, -0.1) is 0 Å². The molecule has 10 heteroatoms. The molecule has 0 saturated heterocycles. The zero-order valence-electron chi connectivity index (χ0n) is 15.1. The second-order valence-electron chi connectivity index (χ2n) is 6.44. The molecule has 0 bridgehead atoms. The molecule has 0 aliphatic heterocycles. The number of aromatic nitrogens is 4. The summed E-state index contributed by atoms with van der Waals surface area (Å²) in [5.74, 6) is -0.122.